The Morgan fingerprint density at radius 1 is 0.944 bits per heavy atom. The predicted octanol–water partition coefficient (Wildman–Crippen LogP) is 4.11. The molecule has 1 heteroatoms. The van der Waals surface area contributed by atoms with Crippen molar-refractivity contribution in [1.29, 1.82) is 0 Å². The van der Waals surface area contributed by atoms with Crippen LogP contribution >= 0.6 is 0 Å². The highest BCUT2D eigenvalue weighted by Crippen LogP contribution is 2.16. The van der Waals surface area contributed by atoms with Crippen molar-refractivity contribution in [3.63, 3.8) is 0 Å². The summed E-state index contributed by atoms with van der Waals surface area (Å²) in [7, 11) is 1.69. The van der Waals surface area contributed by atoms with Crippen LogP contribution in [-0.2, 0) is 6.42 Å². The van der Waals surface area contributed by atoms with Crippen molar-refractivity contribution >= 4 is 0 Å². The minimum Gasteiger partial charge on any atom is -0.497 e. The lowest BCUT2D eigenvalue weighted by atomic mass is 10.0. The van der Waals surface area contributed by atoms with Gasteiger partial charge < -0.3 is 4.74 Å². The van der Waals surface area contributed by atoms with Gasteiger partial charge in [0.2, 0.25) is 0 Å². The molecule has 2 aromatic rings. The number of hydrogen-bond acceptors (Lipinski definition) is 1. The normalized spacial score (nSPS) is 10.4. The minimum absolute atomic E-state index is 0.907. The first-order valence-electron chi connectivity index (χ1n) is 6.22. The third-order valence-electron chi connectivity index (χ3n) is 3.26. The van der Waals surface area contributed by atoms with E-state index in [0.29, 0.717) is 0 Å². The highest BCUT2D eigenvalue weighted by atomic mass is 16.5. The molecule has 0 aromatic heterocycles. The molecule has 0 spiro atoms. The molecule has 0 bridgehead atoms. The smallest absolute Gasteiger partial charge is 0.118 e. The van der Waals surface area contributed by atoms with Crippen LogP contribution in [0, 0.1) is 20.3 Å². The monoisotopic (exact) mass is 239 g/mol. The number of hydrogen-bond donors (Lipinski definition) is 0. The van der Waals surface area contributed by atoms with Gasteiger partial charge in [-0.05, 0) is 61.1 Å². The Labute approximate surface area is 109 Å². The molecule has 0 aliphatic heterocycles. The number of ether oxygens (including phenoxy) is 1. The van der Waals surface area contributed by atoms with Crippen molar-refractivity contribution in [2.75, 3.05) is 7.11 Å². The van der Waals surface area contributed by atoms with Crippen LogP contribution in [0.5, 0.6) is 5.75 Å². The number of benzene rings is 2. The van der Waals surface area contributed by atoms with E-state index < -0.39 is 0 Å². The lowest BCUT2D eigenvalue weighted by Gasteiger charge is -2.06. The van der Waals surface area contributed by atoms with Gasteiger partial charge in [0.25, 0.3) is 0 Å². The Kier molecular flexibility index (Phi) is 4.03. The molecular formula is C17H19O. The van der Waals surface area contributed by atoms with Gasteiger partial charge in [0.1, 0.15) is 5.75 Å². The molecule has 0 N–H and O–H groups in total. The Bertz CT molecular complexity index is 512. The van der Waals surface area contributed by atoms with Crippen molar-refractivity contribution in [2.45, 2.75) is 20.3 Å². The van der Waals surface area contributed by atoms with E-state index in [-0.39, 0.29) is 0 Å². The first-order chi connectivity index (χ1) is 8.69. The lowest BCUT2D eigenvalue weighted by molar-refractivity contribution is 0.414. The second-order valence-corrected chi connectivity index (χ2v) is 4.60. The molecule has 93 valence electrons. The molecule has 0 atom stereocenters. The fourth-order valence-electron chi connectivity index (χ4n) is 1.89. The molecule has 18 heavy (non-hydrogen) atoms. The van der Waals surface area contributed by atoms with E-state index in [1.807, 2.05) is 12.1 Å². The molecular weight excluding hydrogens is 220 g/mol. The van der Waals surface area contributed by atoms with Crippen LogP contribution in [0.3, 0.4) is 0 Å². The van der Waals surface area contributed by atoms with E-state index in [9.17, 15) is 0 Å². The zero-order valence-corrected chi connectivity index (χ0v) is 11.2. The SMILES string of the molecule is COc1ccc(C[CH]c2ccc(C)c(C)c2)cc1. The van der Waals surface area contributed by atoms with E-state index in [4.69, 9.17) is 4.74 Å². The summed E-state index contributed by atoms with van der Waals surface area (Å²) in [6, 6.07) is 14.8. The predicted molar refractivity (Wildman–Crippen MR) is 76.0 cm³/mol. The number of rotatable bonds is 4. The first-order valence-corrected chi connectivity index (χ1v) is 6.22. The molecule has 2 aromatic carbocycles. The van der Waals surface area contributed by atoms with E-state index in [2.05, 4.69) is 50.6 Å². The van der Waals surface area contributed by atoms with Crippen molar-refractivity contribution in [1.82, 2.24) is 0 Å². The molecule has 0 heterocycles. The molecule has 0 aliphatic carbocycles. The summed E-state index contributed by atoms with van der Waals surface area (Å²) >= 11 is 0. The highest BCUT2D eigenvalue weighted by Gasteiger charge is 1.99. The average molecular weight is 239 g/mol. The molecule has 0 saturated heterocycles. The van der Waals surface area contributed by atoms with Crippen molar-refractivity contribution in [2.24, 2.45) is 0 Å². The van der Waals surface area contributed by atoms with E-state index >= 15 is 0 Å². The molecule has 0 amide bonds. The summed E-state index contributed by atoms with van der Waals surface area (Å²) in [5, 5.41) is 0. The topological polar surface area (TPSA) is 9.23 Å². The maximum absolute atomic E-state index is 5.15. The minimum atomic E-state index is 0.907. The Morgan fingerprint density at radius 2 is 1.67 bits per heavy atom. The van der Waals surface area contributed by atoms with Crippen LogP contribution in [0.4, 0.5) is 0 Å². The fraction of sp³-hybridized carbons (Fsp3) is 0.235. The van der Waals surface area contributed by atoms with Crippen molar-refractivity contribution < 1.29 is 4.74 Å². The molecule has 1 nitrogen and oxygen atoms in total. The standard InChI is InChI=1S/C17H19O/c1-13-4-5-16(12-14(13)2)7-6-15-8-10-17(18-3)11-9-15/h4-5,7-12H,6H2,1-3H3. The van der Waals surface area contributed by atoms with E-state index in [1.165, 1.54) is 22.3 Å². The van der Waals surface area contributed by atoms with Crippen molar-refractivity contribution in [3.05, 3.63) is 71.1 Å². The van der Waals surface area contributed by atoms with Crippen LogP contribution in [0.25, 0.3) is 0 Å². The Morgan fingerprint density at radius 3 is 2.28 bits per heavy atom. The van der Waals surface area contributed by atoms with Crippen LogP contribution in [-0.4, -0.2) is 7.11 Å². The average Bonchev–Trinajstić information content (AvgIpc) is 2.41. The number of methoxy groups -OCH3 is 1. The van der Waals surface area contributed by atoms with Gasteiger partial charge in [-0.1, -0.05) is 30.3 Å². The molecule has 0 aliphatic rings. The molecule has 0 saturated carbocycles. The van der Waals surface area contributed by atoms with Gasteiger partial charge in [0.05, 0.1) is 7.11 Å². The molecule has 1 radical (unpaired) electrons. The summed E-state index contributed by atoms with van der Waals surface area (Å²) in [6.45, 7) is 4.29. The summed E-state index contributed by atoms with van der Waals surface area (Å²) in [5.74, 6) is 0.907. The van der Waals surface area contributed by atoms with E-state index in [1.54, 1.807) is 7.11 Å². The van der Waals surface area contributed by atoms with Gasteiger partial charge in [-0.2, -0.15) is 0 Å². The van der Waals surface area contributed by atoms with Crippen LogP contribution < -0.4 is 4.74 Å². The summed E-state index contributed by atoms with van der Waals surface area (Å²) in [5.41, 5.74) is 5.28. The summed E-state index contributed by atoms with van der Waals surface area (Å²) in [4.78, 5) is 0. The molecule has 0 fully saturated rings. The molecule has 0 unspecified atom stereocenters. The second-order valence-electron chi connectivity index (χ2n) is 4.60. The largest absolute Gasteiger partial charge is 0.497 e. The number of aryl methyl sites for hydroxylation is 2. The third kappa shape index (κ3) is 3.13. The van der Waals surface area contributed by atoms with Gasteiger partial charge >= 0.3 is 0 Å². The Hall–Kier alpha value is -1.76. The highest BCUT2D eigenvalue weighted by molar-refractivity contribution is 5.35. The zero-order valence-electron chi connectivity index (χ0n) is 11.2. The Balaban J connectivity index is 1.99. The van der Waals surface area contributed by atoms with Gasteiger partial charge in [-0.15, -0.1) is 0 Å². The summed E-state index contributed by atoms with van der Waals surface area (Å²) < 4.78 is 5.15. The van der Waals surface area contributed by atoms with Crippen LogP contribution in [0.15, 0.2) is 42.5 Å². The van der Waals surface area contributed by atoms with E-state index in [0.717, 1.165) is 12.2 Å². The zero-order chi connectivity index (χ0) is 13.0. The lowest BCUT2D eigenvalue weighted by Crippen LogP contribution is -1.91. The maximum atomic E-state index is 5.15. The third-order valence-corrected chi connectivity index (χ3v) is 3.26. The first kappa shape index (κ1) is 12.7. The van der Waals surface area contributed by atoms with Gasteiger partial charge in [-0.25, -0.2) is 0 Å². The van der Waals surface area contributed by atoms with Crippen molar-refractivity contribution in [3.8, 4) is 5.75 Å². The van der Waals surface area contributed by atoms with Gasteiger partial charge in [0, 0.05) is 0 Å². The second kappa shape index (κ2) is 5.72. The molecule has 2 rings (SSSR count). The van der Waals surface area contributed by atoms with Gasteiger partial charge in [-0.3, -0.25) is 0 Å². The maximum Gasteiger partial charge on any atom is 0.118 e. The quantitative estimate of drug-likeness (QED) is 0.780. The van der Waals surface area contributed by atoms with Crippen LogP contribution in [0.2, 0.25) is 0 Å². The van der Waals surface area contributed by atoms with Crippen LogP contribution in [0.1, 0.15) is 22.3 Å². The fourth-order valence-corrected chi connectivity index (χ4v) is 1.89. The van der Waals surface area contributed by atoms with Gasteiger partial charge in [0.15, 0.2) is 0 Å². The summed E-state index contributed by atoms with van der Waals surface area (Å²) in [6.07, 6.45) is 3.21.